The molecular formula is C13H16N6S. The first-order chi connectivity index (χ1) is 9.88. The molecule has 0 aliphatic heterocycles. The highest BCUT2D eigenvalue weighted by Gasteiger charge is 2.13. The Morgan fingerprint density at radius 1 is 1.40 bits per heavy atom. The number of pyridine rings is 1. The van der Waals surface area contributed by atoms with Crippen molar-refractivity contribution in [2.45, 2.75) is 30.1 Å². The quantitative estimate of drug-likeness (QED) is 0.680. The number of nitrogens with zero attached hydrogens (tertiary/aromatic N) is 4. The fourth-order valence-electron chi connectivity index (χ4n) is 1.99. The van der Waals surface area contributed by atoms with Gasteiger partial charge in [0.2, 0.25) is 0 Å². The van der Waals surface area contributed by atoms with Gasteiger partial charge in [0.25, 0.3) is 0 Å². The summed E-state index contributed by atoms with van der Waals surface area (Å²) in [5.41, 5.74) is 2.10. The van der Waals surface area contributed by atoms with E-state index in [1.54, 1.807) is 0 Å². The van der Waals surface area contributed by atoms with Gasteiger partial charge in [-0.15, -0.1) is 0 Å². The van der Waals surface area contributed by atoms with Crippen LogP contribution in [0.25, 0.3) is 5.65 Å². The van der Waals surface area contributed by atoms with Crippen molar-refractivity contribution >= 4 is 17.4 Å². The van der Waals surface area contributed by atoms with E-state index in [1.165, 1.54) is 18.1 Å². The summed E-state index contributed by atoms with van der Waals surface area (Å²) in [5, 5.41) is 11.9. The number of H-pyrrole nitrogens is 1. The first-order valence-electron chi connectivity index (χ1n) is 6.58. The number of rotatable bonds is 6. The molecule has 0 aromatic carbocycles. The predicted molar refractivity (Wildman–Crippen MR) is 77.7 cm³/mol. The van der Waals surface area contributed by atoms with Gasteiger partial charge >= 0.3 is 0 Å². The first kappa shape index (κ1) is 13.1. The summed E-state index contributed by atoms with van der Waals surface area (Å²) in [7, 11) is 0. The molecule has 0 saturated heterocycles. The second-order valence-corrected chi connectivity index (χ2v) is 5.34. The van der Waals surface area contributed by atoms with Gasteiger partial charge in [0.05, 0.1) is 5.69 Å². The molecule has 0 aliphatic carbocycles. The maximum absolute atomic E-state index is 4.66. The van der Waals surface area contributed by atoms with Gasteiger partial charge in [-0.05, 0) is 36.9 Å². The molecule has 2 N–H and O–H groups in total. The Labute approximate surface area is 121 Å². The molecule has 0 radical (unpaired) electrons. The molecule has 0 amide bonds. The van der Waals surface area contributed by atoms with E-state index in [-0.39, 0.29) is 0 Å². The third-order valence-corrected chi connectivity index (χ3v) is 3.81. The normalized spacial score (nSPS) is 11.2. The zero-order valence-electron chi connectivity index (χ0n) is 11.2. The molecule has 6 nitrogen and oxygen atoms in total. The van der Waals surface area contributed by atoms with Crippen molar-refractivity contribution in [3.8, 4) is 0 Å². The van der Waals surface area contributed by atoms with Gasteiger partial charge in [0.15, 0.2) is 5.16 Å². The van der Waals surface area contributed by atoms with Crippen LogP contribution in [-0.2, 0) is 6.54 Å². The van der Waals surface area contributed by atoms with Crippen molar-refractivity contribution in [3.05, 3.63) is 36.4 Å². The van der Waals surface area contributed by atoms with Gasteiger partial charge < -0.3 is 9.72 Å². The van der Waals surface area contributed by atoms with Gasteiger partial charge in [-0.2, -0.15) is 5.10 Å². The third kappa shape index (κ3) is 2.68. The van der Waals surface area contributed by atoms with Gasteiger partial charge in [-0.3, -0.25) is 5.10 Å². The van der Waals surface area contributed by atoms with Crippen molar-refractivity contribution < 1.29 is 0 Å². The fraction of sp³-hybridized carbons (Fsp3) is 0.308. The Balaban J connectivity index is 1.94. The number of aromatic nitrogens is 5. The van der Waals surface area contributed by atoms with Crippen molar-refractivity contribution in [2.24, 2.45) is 0 Å². The lowest BCUT2D eigenvalue weighted by molar-refractivity contribution is 0.652. The lowest BCUT2D eigenvalue weighted by atomic mass is 10.4. The van der Waals surface area contributed by atoms with Gasteiger partial charge in [-0.1, -0.05) is 13.0 Å². The van der Waals surface area contributed by atoms with E-state index in [0.717, 1.165) is 41.0 Å². The minimum absolute atomic E-state index is 0.755. The zero-order chi connectivity index (χ0) is 13.8. The fourth-order valence-corrected chi connectivity index (χ4v) is 2.79. The summed E-state index contributed by atoms with van der Waals surface area (Å²) >= 11 is 1.50. The molecule has 0 spiro atoms. The SMILES string of the molecule is CCCNCc1c(Sc2ncn[nH]2)nc2ccccn12. The summed E-state index contributed by atoms with van der Waals surface area (Å²) < 4.78 is 2.11. The Bertz CT molecular complexity index is 675. The monoisotopic (exact) mass is 288 g/mol. The number of fused-ring (bicyclic) bond motifs is 1. The lowest BCUT2D eigenvalue weighted by Gasteiger charge is -2.05. The van der Waals surface area contributed by atoms with Gasteiger partial charge in [-0.25, -0.2) is 9.97 Å². The molecule has 3 rings (SSSR count). The summed E-state index contributed by atoms with van der Waals surface area (Å²) in [6.07, 6.45) is 4.66. The molecule has 0 fully saturated rings. The minimum atomic E-state index is 0.755. The lowest BCUT2D eigenvalue weighted by Crippen LogP contribution is -2.15. The van der Waals surface area contributed by atoms with Crippen molar-refractivity contribution in [1.29, 1.82) is 0 Å². The van der Waals surface area contributed by atoms with Crippen molar-refractivity contribution in [1.82, 2.24) is 29.9 Å². The van der Waals surface area contributed by atoms with Crippen LogP contribution < -0.4 is 5.32 Å². The second kappa shape index (κ2) is 6.06. The highest BCUT2D eigenvalue weighted by atomic mass is 32.2. The average molecular weight is 288 g/mol. The minimum Gasteiger partial charge on any atom is -0.311 e. The van der Waals surface area contributed by atoms with Crippen LogP contribution in [0.2, 0.25) is 0 Å². The second-order valence-electron chi connectivity index (χ2n) is 4.36. The predicted octanol–water partition coefficient (Wildman–Crippen LogP) is 2.10. The Kier molecular flexibility index (Phi) is 3.98. The van der Waals surface area contributed by atoms with Crippen LogP contribution in [-0.4, -0.2) is 31.1 Å². The Hall–Kier alpha value is -1.86. The Morgan fingerprint density at radius 3 is 3.15 bits per heavy atom. The number of aromatic amines is 1. The van der Waals surface area contributed by atoms with E-state index in [9.17, 15) is 0 Å². The molecule has 20 heavy (non-hydrogen) atoms. The zero-order valence-corrected chi connectivity index (χ0v) is 12.0. The molecule has 7 heteroatoms. The molecule has 0 saturated carbocycles. The number of imidazole rings is 1. The molecule has 0 bridgehead atoms. The van der Waals surface area contributed by atoms with Gasteiger partial charge in [0.1, 0.15) is 17.0 Å². The Morgan fingerprint density at radius 2 is 2.35 bits per heavy atom. The molecule has 3 aromatic rings. The largest absolute Gasteiger partial charge is 0.311 e. The van der Waals surface area contributed by atoms with Crippen LogP contribution in [0, 0.1) is 0 Å². The average Bonchev–Trinajstić information content (AvgIpc) is 3.08. The van der Waals surface area contributed by atoms with Crippen molar-refractivity contribution in [3.63, 3.8) is 0 Å². The number of hydrogen-bond donors (Lipinski definition) is 2. The first-order valence-corrected chi connectivity index (χ1v) is 7.40. The smallest absolute Gasteiger partial charge is 0.189 e. The maximum atomic E-state index is 4.66. The molecule has 0 aliphatic rings. The maximum Gasteiger partial charge on any atom is 0.189 e. The highest BCUT2D eigenvalue weighted by molar-refractivity contribution is 7.99. The van der Waals surface area contributed by atoms with E-state index >= 15 is 0 Å². The topological polar surface area (TPSA) is 70.9 Å². The van der Waals surface area contributed by atoms with Crippen molar-refractivity contribution in [2.75, 3.05) is 6.54 Å². The highest BCUT2D eigenvalue weighted by Crippen LogP contribution is 2.27. The molecule has 104 valence electrons. The van der Waals surface area contributed by atoms with Crippen LogP contribution in [0.1, 0.15) is 19.0 Å². The summed E-state index contributed by atoms with van der Waals surface area (Å²) in [6.45, 7) is 3.94. The molecule has 0 unspecified atom stereocenters. The summed E-state index contributed by atoms with van der Waals surface area (Å²) in [5.74, 6) is 0. The van der Waals surface area contributed by atoms with E-state index in [4.69, 9.17) is 0 Å². The number of nitrogens with one attached hydrogen (secondary N) is 2. The van der Waals surface area contributed by atoms with Crippen LogP contribution in [0.3, 0.4) is 0 Å². The van der Waals surface area contributed by atoms with E-state index in [1.807, 2.05) is 24.4 Å². The van der Waals surface area contributed by atoms with Crippen LogP contribution in [0.15, 0.2) is 40.9 Å². The standard InChI is InChI=1S/C13H16N6S/c1-2-6-14-8-10-12(20-13-15-9-16-18-13)17-11-5-3-4-7-19(10)11/h3-5,7,9,14H,2,6,8H2,1H3,(H,15,16,18). The summed E-state index contributed by atoms with van der Waals surface area (Å²) in [4.78, 5) is 8.81. The van der Waals surface area contributed by atoms with Crippen LogP contribution in [0.5, 0.6) is 0 Å². The molecular weight excluding hydrogens is 272 g/mol. The van der Waals surface area contributed by atoms with Gasteiger partial charge in [0, 0.05) is 12.7 Å². The van der Waals surface area contributed by atoms with E-state index in [0.29, 0.717) is 0 Å². The summed E-state index contributed by atoms with van der Waals surface area (Å²) in [6, 6.07) is 6.02. The van der Waals surface area contributed by atoms with E-state index in [2.05, 4.69) is 36.8 Å². The van der Waals surface area contributed by atoms with E-state index < -0.39 is 0 Å². The van der Waals surface area contributed by atoms with Crippen LogP contribution >= 0.6 is 11.8 Å². The molecule has 3 heterocycles. The molecule has 3 aromatic heterocycles. The molecule has 0 atom stereocenters. The van der Waals surface area contributed by atoms with Crippen LogP contribution in [0.4, 0.5) is 0 Å². The third-order valence-electron chi connectivity index (χ3n) is 2.90. The number of hydrogen-bond acceptors (Lipinski definition) is 5.